The van der Waals surface area contributed by atoms with E-state index in [1.807, 2.05) is 60.7 Å². The second-order valence-corrected chi connectivity index (χ2v) is 15.0. The van der Waals surface area contributed by atoms with Crippen LogP contribution >= 0.6 is 11.8 Å². The van der Waals surface area contributed by atoms with Crippen molar-refractivity contribution in [2.45, 2.75) is 37.2 Å². The number of β-lactam (4-membered cyclic amide) rings is 1. The van der Waals surface area contributed by atoms with E-state index in [0.717, 1.165) is 11.1 Å². The van der Waals surface area contributed by atoms with E-state index in [1.165, 1.54) is 16.7 Å². The maximum Gasteiger partial charge on any atom is 0.357 e. The first-order valence-corrected chi connectivity index (χ1v) is 15.6. The molecule has 2 aromatic carbocycles. The molecule has 0 spiro atoms. The number of hydrogen-bond acceptors (Lipinski definition) is 5. The quantitative estimate of drug-likeness (QED) is 0.221. The number of amides is 2. The number of thioether (sulfide) groups is 1. The molecule has 2 atom stereocenters. The Morgan fingerprint density at radius 1 is 1.12 bits per heavy atom. The molecule has 6 nitrogen and oxygen atoms in total. The Morgan fingerprint density at radius 2 is 1.71 bits per heavy atom. The zero-order valence-electron chi connectivity index (χ0n) is 19.3. The van der Waals surface area contributed by atoms with Crippen molar-refractivity contribution >= 4 is 38.1 Å². The van der Waals surface area contributed by atoms with Gasteiger partial charge < -0.3 is 10.1 Å². The van der Waals surface area contributed by atoms with Crippen molar-refractivity contribution in [3.8, 4) is 11.5 Å². The molecular weight excluding hydrogens is 464 g/mol. The molecule has 0 saturated carbocycles. The number of nitrogens with zero attached hydrogens (tertiary/aromatic N) is 1. The van der Waals surface area contributed by atoms with E-state index in [2.05, 4.69) is 36.4 Å². The van der Waals surface area contributed by atoms with Crippen molar-refractivity contribution in [1.29, 1.82) is 0 Å². The first kappa shape index (κ1) is 23.9. The van der Waals surface area contributed by atoms with Gasteiger partial charge in [-0.3, -0.25) is 14.5 Å². The highest BCUT2D eigenvalue weighted by atomic mass is 32.2. The first-order valence-electron chi connectivity index (χ1n) is 11.0. The molecule has 1 N–H and O–H groups in total. The second-order valence-electron chi connectivity index (χ2n) is 9.11. The third kappa shape index (κ3) is 4.96. The highest BCUT2D eigenvalue weighted by molar-refractivity contribution is 8.00. The molecule has 0 bridgehead atoms. The van der Waals surface area contributed by atoms with E-state index < -0.39 is 26.2 Å². The Balaban J connectivity index is 1.73. The van der Waals surface area contributed by atoms with Crippen LogP contribution in [0, 0.1) is 11.5 Å². The minimum atomic E-state index is -1.73. The van der Waals surface area contributed by atoms with Crippen LogP contribution in [0.1, 0.15) is 17.2 Å². The van der Waals surface area contributed by atoms with Crippen molar-refractivity contribution in [3.05, 3.63) is 83.1 Å². The highest BCUT2D eigenvalue weighted by Crippen LogP contribution is 2.41. The summed E-state index contributed by atoms with van der Waals surface area (Å²) in [5, 5.41) is 2.20. The average molecular weight is 491 g/mol. The van der Waals surface area contributed by atoms with E-state index in [-0.39, 0.29) is 17.0 Å². The summed E-state index contributed by atoms with van der Waals surface area (Å²) >= 11 is 1.49. The van der Waals surface area contributed by atoms with Crippen LogP contribution in [0.4, 0.5) is 0 Å². The van der Waals surface area contributed by atoms with E-state index in [0.29, 0.717) is 17.7 Å². The molecule has 0 aromatic heterocycles. The molecule has 2 amide bonds. The lowest BCUT2D eigenvalue weighted by molar-refractivity contribution is -0.154. The van der Waals surface area contributed by atoms with Crippen molar-refractivity contribution in [2.75, 3.05) is 5.75 Å². The Bertz CT molecular complexity index is 1140. The molecule has 174 valence electrons. The minimum absolute atomic E-state index is 0.181. The second kappa shape index (κ2) is 9.91. The normalized spacial score (nSPS) is 19.5. The van der Waals surface area contributed by atoms with Crippen LogP contribution in [0.3, 0.4) is 0 Å². The van der Waals surface area contributed by atoms with E-state index >= 15 is 0 Å². The maximum atomic E-state index is 13.7. The molecule has 2 aliphatic rings. The van der Waals surface area contributed by atoms with Gasteiger partial charge in [-0.1, -0.05) is 86.2 Å². The zero-order valence-corrected chi connectivity index (χ0v) is 21.1. The van der Waals surface area contributed by atoms with Gasteiger partial charge in [-0.15, -0.1) is 17.3 Å². The lowest BCUT2D eigenvalue weighted by Crippen LogP contribution is -2.69. The Kier molecular flexibility index (Phi) is 6.96. The topological polar surface area (TPSA) is 75.7 Å². The van der Waals surface area contributed by atoms with Crippen LogP contribution in [-0.2, 0) is 19.1 Å². The van der Waals surface area contributed by atoms with Gasteiger partial charge in [-0.05, 0) is 11.1 Å². The van der Waals surface area contributed by atoms with E-state index in [1.54, 1.807) is 0 Å². The van der Waals surface area contributed by atoms with Gasteiger partial charge in [-0.25, -0.2) is 4.79 Å². The predicted octanol–water partition coefficient (Wildman–Crippen LogP) is 3.48. The highest BCUT2D eigenvalue weighted by Gasteiger charge is 2.54. The van der Waals surface area contributed by atoms with Crippen LogP contribution < -0.4 is 5.32 Å². The van der Waals surface area contributed by atoms with Gasteiger partial charge >= 0.3 is 5.97 Å². The van der Waals surface area contributed by atoms with Crippen LogP contribution in [0.15, 0.2) is 71.9 Å². The smallest absolute Gasteiger partial charge is 0.357 e. The number of fused-ring (bicyclic) bond motifs is 1. The average Bonchev–Trinajstić information content (AvgIpc) is 2.84. The Hall–Kier alpha value is -3.28. The number of nitrogens with one attached hydrogen (secondary N) is 1. The van der Waals surface area contributed by atoms with Crippen LogP contribution in [0.5, 0.6) is 0 Å². The molecule has 8 heteroatoms. The summed E-state index contributed by atoms with van der Waals surface area (Å²) in [5.74, 6) is 2.72. The monoisotopic (exact) mass is 490 g/mol. The summed E-state index contributed by atoms with van der Waals surface area (Å²) in [7, 11) is -1.73. The molecule has 1 fully saturated rings. The van der Waals surface area contributed by atoms with E-state index in [9.17, 15) is 14.4 Å². The zero-order chi connectivity index (χ0) is 24.3. The van der Waals surface area contributed by atoms with Gasteiger partial charge in [0.25, 0.3) is 5.91 Å². The maximum absolute atomic E-state index is 13.7. The summed E-state index contributed by atoms with van der Waals surface area (Å²) in [5.41, 5.74) is 5.73. The fourth-order valence-corrected chi connectivity index (χ4v) is 5.63. The van der Waals surface area contributed by atoms with Crippen molar-refractivity contribution in [1.82, 2.24) is 10.2 Å². The standard InChI is InChI=1S/C26H26N2O4SSi/c1-34(2,3)15-14-20-16-33-25-21(27-17-29)24(30)28(25)22(20)26(31)32-23(18-10-6-4-7-11-18)19-12-8-5-9-13-19/h4-13,17,21,23,25H,16H2,1-3H3,(H,27,29)/t21-,25-/m1/s1. The minimum Gasteiger partial charge on any atom is -0.448 e. The number of carbonyl (C=O) groups excluding carboxylic acids is 3. The van der Waals surface area contributed by atoms with Crippen molar-refractivity contribution in [3.63, 3.8) is 0 Å². The Morgan fingerprint density at radius 3 is 2.24 bits per heavy atom. The fourth-order valence-electron chi connectivity index (χ4n) is 3.81. The van der Waals surface area contributed by atoms with Crippen LogP contribution in [-0.4, -0.2) is 48.4 Å². The largest absolute Gasteiger partial charge is 0.448 e. The van der Waals surface area contributed by atoms with Crippen molar-refractivity contribution < 1.29 is 19.1 Å². The molecule has 1 saturated heterocycles. The third-order valence-corrected chi connectivity index (χ3v) is 7.58. The number of esters is 1. The number of rotatable bonds is 6. The van der Waals surface area contributed by atoms with Crippen molar-refractivity contribution in [2.24, 2.45) is 0 Å². The van der Waals surface area contributed by atoms with E-state index in [4.69, 9.17) is 4.74 Å². The summed E-state index contributed by atoms with van der Waals surface area (Å²) in [6.45, 7) is 6.37. The number of hydrogen-bond donors (Lipinski definition) is 1. The van der Waals surface area contributed by atoms with Gasteiger partial charge in [0, 0.05) is 11.3 Å². The van der Waals surface area contributed by atoms with Crippen LogP contribution in [0.25, 0.3) is 0 Å². The molecular formula is C26H26N2O4SSi. The molecule has 4 rings (SSSR count). The molecule has 2 aliphatic heterocycles. The molecule has 0 aliphatic carbocycles. The number of benzene rings is 2. The lowest BCUT2D eigenvalue weighted by Gasteiger charge is -2.48. The fraction of sp³-hybridized carbons (Fsp3) is 0.269. The summed E-state index contributed by atoms with van der Waals surface area (Å²) < 4.78 is 6.07. The molecule has 34 heavy (non-hydrogen) atoms. The lowest BCUT2D eigenvalue weighted by atomic mass is 10.0. The molecule has 2 aromatic rings. The predicted molar refractivity (Wildman–Crippen MR) is 135 cm³/mol. The third-order valence-electron chi connectivity index (χ3n) is 5.43. The summed E-state index contributed by atoms with van der Waals surface area (Å²) in [4.78, 5) is 38.9. The molecule has 0 radical (unpaired) electrons. The summed E-state index contributed by atoms with van der Waals surface area (Å²) in [6, 6.07) is 18.4. The van der Waals surface area contributed by atoms with Gasteiger partial charge in [0.2, 0.25) is 6.41 Å². The van der Waals surface area contributed by atoms with Gasteiger partial charge in [0.1, 0.15) is 25.2 Å². The SMILES string of the molecule is C[Si](C)(C)C#CC1=C(C(=O)OC(c2ccccc2)c2ccccc2)N2C(=O)[C@@H](NC=O)[C@H]2SC1. The van der Waals surface area contributed by atoms with Gasteiger partial charge in [0.15, 0.2) is 6.10 Å². The van der Waals surface area contributed by atoms with Crippen LogP contribution in [0.2, 0.25) is 19.6 Å². The Labute approximate surface area is 204 Å². The number of ether oxygens (including phenoxy) is 1. The first-order chi connectivity index (χ1) is 16.3. The summed E-state index contributed by atoms with van der Waals surface area (Å²) in [6.07, 6.45) is -0.120. The molecule has 2 heterocycles. The number of carbonyl (C=O) groups is 3. The van der Waals surface area contributed by atoms with Gasteiger partial charge in [0.05, 0.1) is 0 Å². The van der Waals surface area contributed by atoms with Gasteiger partial charge in [-0.2, -0.15) is 0 Å². The molecule has 0 unspecified atom stereocenters.